The summed E-state index contributed by atoms with van der Waals surface area (Å²) in [6, 6.07) is 0. The first-order valence-electron chi connectivity index (χ1n) is 12.5. The molecule has 4 N–H and O–H groups in total. The average molecular weight is 523 g/mol. The van der Waals surface area contributed by atoms with E-state index in [1.807, 2.05) is 0 Å². The summed E-state index contributed by atoms with van der Waals surface area (Å²) in [6.07, 6.45) is -5.75. The van der Waals surface area contributed by atoms with Crippen molar-refractivity contribution in [2.45, 2.75) is 76.3 Å². The molecule has 2 aliphatic heterocycles. The molecule has 5 aliphatic rings. The average Bonchev–Trinajstić information content (AvgIpc) is 3.13. The van der Waals surface area contributed by atoms with Crippen molar-refractivity contribution in [2.24, 2.45) is 28.6 Å². The zero-order valence-electron chi connectivity index (χ0n) is 21.4. The molecule has 12 unspecified atom stereocenters. The van der Waals surface area contributed by atoms with Gasteiger partial charge >= 0.3 is 17.9 Å². The van der Waals surface area contributed by atoms with Crippen molar-refractivity contribution in [3.8, 4) is 0 Å². The van der Waals surface area contributed by atoms with Gasteiger partial charge in [-0.05, 0) is 33.1 Å². The fraction of sp³-hybridized carbons (Fsp3) is 0.731. The van der Waals surface area contributed by atoms with Gasteiger partial charge in [0.25, 0.3) is 0 Å². The van der Waals surface area contributed by atoms with Crippen LogP contribution in [0.1, 0.15) is 34.1 Å². The second-order valence-electron chi connectivity index (χ2n) is 11.6. The van der Waals surface area contributed by atoms with E-state index in [0.717, 1.165) is 12.7 Å². The minimum absolute atomic E-state index is 0.208. The lowest BCUT2D eigenvalue weighted by molar-refractivity contribution is -0.303. The Balaban J connectivity index is 1.75. The van der Waals surface area contributed by atoms with Crippen LogP contribution in [0.15, 0.2) is 23.3 Å². The number of aliphatic hydroxyl groups is 4. The summed E-state index contributed by atoms with van der Waals surface area (Å²) in [5, 5.41) is 45.2. The molecular formula is C26H34O11. The van der Waals surface area contributed by atoms with Gasteiger partial charge in [0.15, 0.2) is 0 Å². The third kappa shape index (κ3) is 3.09. The summed E-state index contributed by atoms with van der Waals surface area (Å²) in [6.45, 7) is 6.60. The molecule has 3 aliphatic carbocycles. The van der Waals surface area contributed by atoms with E-state index in [9.17, 15) is 34.8 Å². The summed E-state index contributed by atoms with van der Waals surface area (Å²) in [5.41, 5.74) is -3.45. The van der Waals surface area contributed by atoms with Gasteiger partial charge in [0.1, 0.15) is 12.2 Å². The highest BCUT2D eigenvalue weighted by atomic mass is 16.6. The maximum Gasteiger partial charge on any atom is 0.348 e. The number of ether oxygens (including phenoxy) is 4. The normalized spacial score (nSPS) is 49.6. The lowest BCUT2D eigenvalue weighted by atomic mass is 9.37. The number of rotatable bonds is 3. The van der Waals surface area contributed by atoms with Crippen LogP contribution in [0.25, 0.3) is 0 Å². The van der Waals surface area contributed by atoms with Crippen LogP contribution in [-0.2, 0) is 33.3 Å². The molecule has 5 rings (SSSR count). The molecule has 0 aromatic carbocycles. The van der Waals surface area contributed by atoms with E-state index in [4.69, 9.17) is 18.9 Å². The fourth-order valence-corrected chi connectivity index (χ4v) is 8.37. The van der Waals surface area contributed by atoms with Crippen molar-refractivity contribution in [1.82, 2.24) is 0 Å². The Labute approximate surface area is 214 Å². The monoisotopic (exact) mass is 522 g/mol. The van der Waals surface area contributed by atoms with Crippen molar-refractivity contribution >= 4 is 17.9 Å². The zero-order valence-corrected chi connectivity index (χ0v) is 21.4. The molecule has 2 heterocycles. The number of carbonyl (C=O) groups excluding carboxylic acids is 3. The van der Waals surface area contributed by atoms with Gasteiger partial charge in [0, 0.05) is 22.8 Å². The molecule has 2 saturated heterocycles. The molecule has 0 amide bonds. The van der Waals surface area contributed by atoms with Crippen molar-refractivity contribution in [2.75, 3.05) is 13.7 Å². The number of allylic oxidation sites excluding steroid dienone is 2. The highest BCUT2D eigenvalue weighted by Crippen LogP contribution is 2.72. The van der Waals surface area contributed by atoms with E-state index in [1.54, 1.807) is 27.7 Å². The van der Waals surface area contributed by atoms with Crippen molar-refractivity contribution in [3.63, 3.8) is 0 Å². The molecule has 37 heavy (non-hydrogen) atoms. The van der Waals surface area contributed by atoms with Gasteiger partial charge in [-0.15, -0.1) is 0 Å². The van der Waals surface area contributed by atoms with E-state index >= 15 is 0 Å². The number of methoxy groups -OCH3 is 1. The number of carbonyl (C=O) groups is 3. The molecule has 0 aromatic rings. The number of hydrogen-bond donors (Lipinski definition) is 4. The van der Waals surface area contributed by atoms with Gasteiger partial charge in [0.2, 0.25) is 11.7 Å². The summed E-state index contributed by atoms with van der Waals surface area (Å²) in [7, 11) is 1.09. The van der Waals surface area contributed by atoms with Crippen LogP contribution in [0.4, 0.5) is 0 Å². The lowest BCUT2D eigenvalue weighted by Crippen LogP contribution is -2.80. The van der Waals surface area contributed by atoms with Crippen molar-refractivity contribution in [3.05, 3.63) is 23.3 Å². The molecular weight excluding hydrogens is 488 g/mol. The Bertz CT molecular complexity index is 1090. The molecule has 12 atom stereocenters. The Morgan fingerprint density at radius 3 is 2.43 bits per heavy atom. The Morgan fingerprint density at radius 1 is 1.14 bits per heavy atom. The first-order valence-corrected chi connectivity index (χ1v) is 12.5. The maximum absolute atomic E-state index is 13.4. The topological polar surface area (TPSA) is 169 Å². The largest absolute Gasteiger partial charge is 0.467 e. The Kier molecular flexibility index (Phi) is 5.93. The Morgan fingerprint density at radius 2 is 1.81 bits per heavy atom. The molecule has 11 heteroatoms. The van der Waals surface area contributed by atoms with Crippen LogP contribution in [0.3, 0.4) is 0 Å². The smallest absolute Gasteiger partial charge is 0.348 e. The molecule has 2 saturated carbocycles. The van der Waals surface area contributed by atoms with Crippen LogP contribution in [0.2, 0.25) is 0 Å². The number of hydrogen-bond acceptors (Lipinski definition) is 11. The third-order valence-corrected chi connectivity index (χ3v) is 9.65. The van der Waals surface area contributed by atoms with Crippen LogP contribution in [0.5, 0.6) is 0 Å². The predicted molar refractivity (Wildman–Crippen MR) is 123 cm³/mol. The summed E-state index contributed by atoms with van der Waals surface area (Å²) >= 11 is 0. The highest BCUT2D eigenvalue weighted by molar-refractivity contribution is 5.89. The second kappa shape index (κ2) is 8.34. The minimum Gasteiger partial charge on any atom is -0.467 e. The van der Waals surface area contributed by atoms with Crippen molar-refractivity contribution < 1.29 is 53.8 Å². The first-order chi connectivity index (χ1) is 17.3. The van der Waals surface area contributed by atoms with Gasteiger partial charge < -0.3 is 39.4 Å². The third-order valence-electron chi connectivity index (χ3n) is 9.65. The quantitative estimate of drug-likeness (QED) is 0.161. The molecule has 4 fully saturated rings. The molecule has 204 valence electrons. The van der Waals surface area contributed by atoms with Gasteiger partial charge in [-0.1, -0.05) is 24.1 Å². The van der Waals surface area contributed by atoms with E-state index in [2.05, 4.69) is 0 Å². The number of fused-ring (bicyclic) bond motifs is 2. The number of aliphatic hydroxyl groups excluding tert-OH is 4. The molecule has 0 radical (unpaired) electrons. The predicted octanol–water partition coefficient (Wildman–Crippen LogP) is -0.606. The van der Waals surface area contributed by atoms with Gasteiger partial charge in [-0.3, -0.25) is 0 Å². The second-order valence-corrected chi connectivity index (χ2v) is 11.6. The zero-order chi connectivity index (χ0) is 27.2. The highest BCUT2D eigenvalue weighted by Gasteiger charge is 2.85. The van der Waals surface area contributed by atoms with E-state index in [-0.39, 0.29) is 13.0 Å². The SMILES string of the molecule is COC(=O)C12OCC34C(CC5C(C)=CC(O)C(O)C5(C)C3C(O)C1O)OC(=O)C(OC(=O)C=C(C)C)C24. The van der Waals surface area contributed by atoms with Crippen LogP contribution >= 0.6 is 0 Å². The Hall–Kier alpha value is -2.31. The van der Waals surface area contributed by atoms with E-state index < -0.39 is 88.7 Å². The first kappa shape index (κ1) is 26.3. The standard InChI is InChI=1S/C26H34O11/c1-10(2)6-15(28)37-17-19-25-9-35-26(19,23(33)34-5)21(31)16(29)18(25)24(4)12(8-14(25)36-22(17)32)11(3)7-13(27)20(24)30/h6-7,12-14,16-21,27,29-31H,8-9H2,1-5H3. The van der Waals surface area contributed by atoms with E-state index in [0.29, 0.717) is 5.57 Å². The fourth-order valence-electron chi connectivity index (χ4n) is 8.37. The maximum atomic E-state index is 13.4. The van der Waals surface area contributed by atoms with Gasteiger partial charge in [0.05, 0.1) is 37.9 Å². The van der Waals surface area contributed by atoms with Crippen LogP contribution in [0, 0.1) is 28.6 Å². The molecule has 11 nitrogen and oxygen atoms in total. The summed E-state index contributed by atoms with van der Waals surface area (Å²) in [4.78, 5) is 39.4. The summed E-state index contributed by atoms with van der Waals surface area (Å²) < 4.78 is 22.5. The summed E-state index contributed by atoms with van der Waals surface area (Å²) in [5.74, 6) is -5.51. The van der Waals surface area contributed by atoms with Crippen molar-refractivity contribution in [1.29, 1.82) is 0 Å². The number of esters is 3. The van der Waals surface area contributed by atoms with Crippen LogP contribution in [-0.4, -0.2) is 94.3 Å². The minimum atomic E-state index is -2.23. The molecule has 0 aromatic heterocycles. The van der Waals surface area contributed by atoms with Gasteiger partial charge in [-0.2, -0.15) is 0 Å². The lowest BCUT2D eigenvalue weighted by Gasteiger charge is -2.68. The molecule has 1 spiro atoms. The molecule has 2 bridgehead atoms. The van der Waals surface area contributed by atoms with E-state index in [1.165, 1.54) is 12.2 Å². The van der Waals surface area contributed by atoms with Crippen LogP contribution < -0.4 is 0 Å². The van der Waals surface area contributed by atoms with Gasteiger partial charge in [-0.25, -0.2) is 14.4 Å².